The number of aromatic nitrogens is 2. The smallest absolute Gasteiger partial charge is 0.0763 e. The Hall–Kier alpha value is -0.950. The highest BCUT2D eigenvalue weighted by Gasteiger charge is 2.00. The van der Waals surface area contributed by atoms with E-state index in [0.717, 1.165) is 43.9 Å². The summed E-state index contributed by atoms with van der Waals surface area (Å²) in [4.78, 5) is 0. The Bertz CT molecular complexity index is 264. The fraction of sp³-hybridized carbons (Fsp3) is 0.727. The lowest BCUT2D eigenvalue weighted by atomic mass is 10.3. The number of H-pyrrole nitrogens is 1. The van der Waals surface area contributed by atoms with Gasteiger partial charge in [0.1, 0.15) is 0 Å². The molecule has 0 saturated carbocycles. The Morgan fingerprint density at radius 3 is 2.35 bits per heavy atom. The van der Waals surface area contributed by atoms with Gasteiger partial charge in [0.25, 0.3) is 0 Å². The molecule has 0 fully saturated rings. The first-order chi connectivity index (χ1) is 8.36. The molecule has 0 amide bonds. The van der Waals surface area contributed by atoms with Crippen molar-refractivity contribution in [2.24, 2.45) is 0 Å². The second-order valence-corrected chi connectivity index (χ2v) is 3.89. The zero-order valence-corrected chi connectivity index (χ0v) is 10.1. The molecule has 0 unspecified atom stereocenters. The summed E-state index contributed by atoms with van der Waals surface area (Å²) in [6, 6.07) is 2.01. The number of nitrogens with one attached hydrogen (secondary N) is 3. The lowest BCUT2D eigenvalue weighted by Gasteiger charge is -2.00. The molecule has 0 aliphatic carbocycles. The molecule has 0 spiro atoms. The lowest BCUT2D eigenvalue weighted by molar-refractivity contribution is 0.285. The first-order valence-corrected chi connectivity index (χ1v) is 6.03. The Balaban J connectivity index is 2.14. The number of rotatable bonds is 10. The number of aliphatic hydroxyl groups excluding tert-OH is 2. The van der Waals surface area contributed by atoms with Gasteiger partial charge in [-0.2, -0.15) is 5.10 Å². The normalized spacial score (nSPS) is 10.9. The predicted molar refractivity (Wildman–Crippen MR) is 65.4 cm³/mol. The van der Waals surface area contributed by atoms with Gasteiger partial charge in [-0.1, -0.05) is 0 Å². The van der Waals surface area contributed by atoms with Gasteiger partial charge in [-0.05, 0) is 32.0 Å². The predicted octanol–water partition coefficient (Wildman–Crippen LogP) is -0.646. The van der Waals surface area contributed by atoms with Crippen molar-refractivity contribution in [1.82, 2.24) is 20.8 Å². The van der Waals surface area contributed by atoms with Gasteiger partial charge in [-0.3, -0.25) is 5.10 Å². The maximum absolute atomic E-state index is 8.62. The van der Waals surface area contributed by atoms with Crippen molar-refractivity contribution in [2.75, 3.05) is 26.3 Å². The van der Waals surface area contributed by atoms with Crippen LogP contribution < -0.4 is 10.6 Å². The molecule has 6 nitrogen and oxygen atoms in total. The third-order valence-corrected chi connectivity index (χ3v) is 2.33. The van der Waals surface area contributed by atoms with Gasteiger partial charge in [0.05, 0.1) is 5.69 Å². The van der Waals surface area contributed by atoms with Crippen LogP contribution >= 0.6 is 0 Å². The number of aromatic amines is 1. The third-order valence-electron chi connectivity index (χ3n) is 2.33. The monoisotopic (exact) mass is 242 g/mol. The minimum Gasteiger partial charge on any atom is -0.396 e. The quantitative estimate of drug-likeness (QED) is 0.352. The number of nitrogens with zero attached hydrogens (tertiary/aromatic N) is 1. The van der Waals surface area contributed by atoms with Crippen LogP contribution in [0.25, 0.3) is 0 Å². The number of hydrogen-bond donors (Lipinski definition) is 5. The molecule has 98 valence electrons. The summed E-state index contributed by atoms with van der Waals surface area (Å²) >= 11 is 0. The van der Waals surface area contributed by atoms with Gasteiger partial charge in [0.15, 0.2) is 0 Å². The van der Waals surface area contributed by atoms with Crippen molar-refractivity contribution in [3.8, 4) is 0 Å². The SMILES string of the molecule is OCCCNCc1cc(CNCCCO)[nH]n1. The van der Waals surface area contributed by atoms with Crippen molar-refractivity contribution in [3.05, 3.63) is 17.5 Å². The Morgan fingerprint density at radius 1 is 1.06 bits per heavy atom. The van der Waals surface area contributed by atoms with E-state index in [4.69, 9.17) is 10.2 Å². The molecule has 1 aromatic heterocycles. The van der Waals surface area contributed by atoms with E-state index >= 15 is 0 Å². The molecule has 0 bridgehead atoms. The Kier molecular flexibility index (Phi) is 7.57. The standard InChI is InChI=1S/C11H22N4O2/c16-5-1-3-12-8-10-7-11(15-14-10)9-13-4-2-6-17/h7,12-13,16-17H,1-6,8-9H2,(H,14,15). The topological polar surface area (TPSA) is 93.2 Å². The molecule has 1 aromatic rings. The van der Waals surface area contributed by atoms with Gasteiger partial charge < -0.3 is 20.8 Å². The molecule has 17 heavy (non-hydrogen) atoms. The fourth-order valence-electron chi connectivity index (χ4n) is 1.44. The van der Waals surface area contributed by atoms with Gasteiger partial charge in [-0.15, -0.1) is 0 Å². The van der Waals surface area contributed by atoms with E-state index in [2.05, 4.69) is 20.8 Å². The van der Waals surface area contributed by atoms with Crippen LogP contribution in [0.4, 0.5) is 0 Å². The number of aliphatic hydroxyl groups is 2. The molecular weight excluding hydrogens is 220 g/mol. The van der Waals surface area contributed by atoms with Gasteiger partial charge in [0.2, 0.25) is 0 Å². The van der Waals surface area contributed by atoms with E-state index in [1.807, 2.05) is 6.07 Å². The average Bonchev–Trinajstić information content (AvgIpc) is 2.78. The van der Waals surface area contributed by atoms with E-state index in [1.165, 1.54) is 0 Å². The minimum absolute atomic E-state index is 0.216. The largest absolute Gasteiger partial charge is 0.396 e. The second kappa shape index (κ2) is 9.12. The van der Waals surface area contributed by atoms with Crippen LogP contribution in [0.15, 0.2) is 6.07 Å². The van der Waals surface area contributed by atoms with Crippen LogP contribution in [-0.4, -0.2) is 46.7 Å². The van der Waals surface area contributed by atoms with Gasteiger partial charge in [0, 0.05) is 32.0 Å². The van der Waals surface area contributed by atoms with E-state index in [0.29, 0.717) is 6.54 Å². The molecule has 0 atom stereocenters. The van der Waals surface area contributed by atoms with Crippen LogP contribution in [0.2, 0.25) is 0 Å². The molecule has 1 heterocycles. The molecule has 0 saturated heterocycles. The summed E-state index contributed by atoms with van der Waals surface area (Å²) in [5.74, 6) is 0. The molecule has 0 aromatic carbocycles. The van der Waals surface area contributed by atoms with Crippen LogP contribution in [0.1, 0.15) is 24.2 Å². The lowest BCUT2D eigenvalue weighted by Crippen LogP contribution is -2.16. The second-order valence-electron chi connectivity index (χ2n) is 3.89. The summed E-state index contributed by atoms with van der Waals surface area (Å²) in [6.45, 7) is 3.49. The van der Waals surface area contributed by atoms with Crippen molar-refractivity contribution in [1.29, 1.82) is 0 Å². The van der Waals surface area contributed by atoms with Crippen molar-refractivity contribution >= 4 is 0 Å². The van der Waals surface area contributed by atoms with Crippen molar-refractivity contribution in [3.63, 3.8) is 0 Å². The molecule has 6 heteroatoms. The average molecular weight is 242 g/mol. The molecule has 1 rings (SSSR count). The van der Waals surface area contributed by atoms with E-state index < -0.39 is 0 Å². The van der Waals surface area contributed by atoms with Crippen LogP contribution in [0, 0.1) is 0 Å². The maximum atomic E-state index is 8.62. The first-order valence-electron chi connectivity index (χ1n) is 6.03. The Morgan fingerprint density at radius 2 is 1.71 bits per heavy atom. The van der Waals surface area contributed by atoms with Gasteiger partial charge >= 0.3 is 0 Å². The van der Waals surface area contributed by atoms with E-state index in [9.17, 15) is 0 Å². The summed E-state index contributed by atoms with van der Waals surface area (Å²) in [7, 11) is 0. The summed E-state index contributed by atoms with van der Waals surface area (Å²) < 4.78 is 0. The van der Waals surface area contributed by atoms with Crippen LogP contribution in [0.3, 0.4) is 0 Å². The molecule has 0 aliphatic heterocycles. The van der Waals surface area contributed by atoms with E-state index in [1.54, 1.807) is 0 Å². The van der Waals surface area contributed by atoms with Crippen molar-refractivity contribution in [2.45, 2.75) is 25.9 Å². The van der Waals surface area contributed by atoms with E-state index in [-0.39, 0.29) is 13.2 Å². The molecule has 5 N–H and O–H groups in total. The number of hydrogen-bond acceptors (Lipinski definition) is 5. The molecule has 0 radical (unpaired) electrons. The summed E-state index contributed by atoms with van der Waals surface area (Å²) in [5, 5.41) is 30.8. The summed E-state index contributed by atoms with van der Waals surface area (Å²) in [6.07, 6.45) is 1.53. The minimum atomic E-state index is 0.216. The third kappa shape index (κ3) is 6.38. The molecule has 0 aliphatic rings. The highest BCUT2D eigenvalue weighted by Crippen LogP contribution is 1.98. The highest BCUT2D eigenvalue weighted by atomic mass is 16.3. The van der Waals surface area contributed by atoms with Crippen LogP contribution in [0.5, 0.6) is 0 Å². The van der Waals surface area contributed by atoms with Crippen molar-refractivity contribution < 1.29 is 10.2 Å². The maximum Gasteiger partial charge on any atom is 0.0763 e. The zero-order valence-electron chi connectivity index (χ0n) is 10.1. The molecular formula is C11H22N4O2. The van der Waals surface area contributed by atoms with Crippen LogP contribution in [-0.2, 0) is 13.1 Å². The van der Waals surface area contributed by atoms with Gasteiger partial charge in [-0.25, -0.2) is 0 Å². The fourth-order valence-corrected chi connectivity index (χ4v) is 1.44. The highest BCUT2D eigenvalue weighted by molar-refractivity contribution is 5.08. The zero-order chi connectivity index (χ0) is 12.3. The Labute approximate surface area is 101 Å². The first kappa shape index (κ1) is 14.1. The summed E-state index contributed by atoms with van der Waals surface area (Å²) in [5.41, 5.74) is 2.02.